The zero-order valence-corrected chi connectivity index (χ0v) is 18.2. The lowest BCUT2D eigenvalue weighted by molar-refractivity contribution is -0.131. The van der Waals surface area contributed by atoms with Crippen LogP contribution in [0.4, 0.5) is 18.9 Å². The second-order valence-electron chi connectivity index (χ2n) is 8.52. The molecule has 34 heavy (non-hydrogen) atoms. The third kappa shape index (κ3) is 4.18. The van der Waals surface area contributed by atoms with E-state index < -0.39 is 36.7 Å². The third-order valence-corrected chi connectivity index (χ3v) is 6.26. The topological polar surface area (TPSA) is 62.7 Å². The van der Waals surface area contributed by atoms with Crippen LogP contribution in [0.5, 0.6) is 5.88 Å². The predicted molar refractivity (Wildman–Crippen MR) is 120 cm³/mol. The Morgan fingerprint density at radius 1 is 1.09 bits per heavy atom. The van der Waals surface area contributed by atoms with Crippen LogP contribution in [0.25, 0.3) is 10.9 Å². The number of para-hydroxylation sites is 1. The van der Waals surface area contributed by atoms with Crippen LogP contribution in [-0.4, -0.2) is 53.4 Å². The first kappa shape index (κ1) is 22.2. The molecule has 9 heteroatoms. The number of likely N-dealkylation sites (tertiary alicyclic amines) is 1. The van der Waals surface area contributed by atoms with Crippen LogP contribution in [-0.2, 0) is 4.79 Å². The molecule has 1 unspecified atom stereocenters. The molecule has 1 aromatic heterocycles. The van der Waals surface area contributed by atoms with Crippen LogP contribution < -0.4 is 9.64 Å². The van der Waals surface area contributed by atoms with Gasteiger partial charge in [0, 0.05) is 43.1 Å². The number of carbonyl (C=O) groups is 2. The standard InChI is InChI=1S/C25H22F3N3O3/c26-19-9-8-17(31-12-3-6-23(31)32)14-18(19)24(33)30-13-11-25(27,28)21(15-30)34-22-10-7-16-4-1-2-5-20(16)29-22/h1-2,4-5,7-10,14,21H,3,6,11-13,15H2. The Balaban J connectivity index is 1.37. The number of halogens is 3. The van der Waals surface area contributed by atoms with Gasteiger partial charge in [-0.25, -0.2) is 18.2 Å². The second kappa shape index (κ2) is 8.62. The minimum atomic E-state index is -3.19. The smallest absolute Gasteiger partial charge is 0.287 e. The Kier molecular flexibility index (Phi) is 5.63. The van der Waals surface area contributed by atoms with E-state index in [0.717, 1.165) is 16.4 Å². The molecule has 0 bridgehead atoms. The maximum atomic E-state index is 14.7. The van der Waals surface area contributed by atoms with Gasteiger partial charge in [-0.1, -0.05) is 18.2 Å². The van der Waals surface area contributed by atoms with E-state index in [-0.39, 0.29) is 23.9 Å². The van der Waals surface area contributed by atoms with Crippen LogP contribution in [0.1, 0.15) is 29.6 Å². The maximum Gasteiger partial charge on any atom is 0.287 e. The van der Waals surface area contributed by atoms with E-state index in [0.29, 0.717) is 30.6 Å². The minimum Gasteiger partial charge on any atom is -0.466 e. The van der Waals surface area contributed by atoms with Gasteiger partial charge in [0.2, 0.25) is 11.8 Å². The van der Waals surface area contributed by atoms with Gasteiger partial charge in [-0.15, -0.1) is 0 Å². The fourth-order valence-electron chi connectivity index (χ4n) is 4.37. The summed E-state index contributed by atoms with van der Waals surface area (Å²) in [5.74, 6) is -4.75. The van der Waals surface area contributed by atoms with Gasteiger partial charge >= 0.3 is 0 Å². The Morgan fingerprint density at radius 3 is 2.71 bits per heavy atom. The third-order valence-electron chi connectivity index (χ3n) is 6.26. The van der Waals surface area contributed by atoms with E-state index in [1.54, 1.807) is 18.2 Å². The Bertz CT molecular complexity index is 1270. The highest BCUT2D eigenvalue weighted by Crippen LogP contribution is 2.33. The first-order valence-electron chi connectivity index (χ1n) is 11.1. The maximum absolute atomic E-state index is 14.7. The van der Waals surface area contributed by atoms with Gasteiger partial charge in [-0.3, -0.25) is 9.59 Å². The zero-order chi connectivity index (χ0) is 23.9. The molecule has 2 aromatic carbocycles. The quantitative estimate of drug-likeness (QED) is 0.567. The van der Waals surface area contributed by atoms with Gasteiger partial charge in [0.25, 0.3) is 11.8 Å². The van der Waals surface area contributed by atoms with Crippen LogP contribution in [0, 0.1) is 5.82 Å². The van der Waals surface area contributed by atoms with Crippen molar-refractivity contribution in [3.05, 3.63) is 66.0 Å². The van der Waals surface area contributed by atoms with Crippen molar-refractivity contribution in [3.8, 4) is 5.88 Å². The summed E-state index contributed by atoms with van der Waals surface area (Å²) in [7, 11) is 0. The molecule has 3 aromatic rings. The zero-order valence-electron chi connectivity index (χ0n) is 18.2. The number of aromatic nitrogens is 1. The van der Waals surface area contributed by atoms with Crippen LogP contribution >= 0.6 is 0 Å². The van der Waals surface area contributed by atoms with E-state index in [2.05, 4.69) is 4.98 Å². The van der Waals surface area contributed by atoms with Crippen molar-refractivity contribution in [2.75, 3.05) is 24.5 Å². The molecule has 6 nitrogen and oxygen atoms in total. The number of anilines is 1. The number of hydrogen-bond acceptors (Lipinski definition) is 4. The summed E-state index contributed by atoms with van der Waals surface area (Å²) in [5, 5.41) is 0.842. The van der Waals surface area contributed by atoms with E-state index in [9.17, 15) is 22.8 Å². The number of nitrogens with zero attached hydrogens (tertiary/aromatic N) is 3. The average Bonchev–Trinajstić information content (AvgIpc) is 3.26. The summed E-state index contributed by atoms with van der Waals surface area (Å²) in [6.07, 6.45) is -1.18. The molecule has 0 radical (unpaired) electrons. The molecular formula is C25H22F3N3O3. The molecule has 2 aliphatic heterocycles. The summed E-state index contributed by atoms with van der Waals surface area (Å²) in [6, 6.07) is 14.3. The van der Waals surface area contributed by atoms with Gasteiger partial charge in [-0.05, 0) is 36.8 Å². The normalized spacial score (nSPS) is 20.1. The van der Waals surface area contributed by atoms with Gasteiger partial charge in [-0.2, -0.15) is 0 Å². The number of ether oxygens (including phenoxy) is 1. The molecule has 1 atom stereocenters. The molecule has 3 heterocycles. The molecule has 2 aliphatic rings. The number of piperidine rings is 1. The molecular weight excluding hydrogens is 447 g/mol. The molecule has 0 saturated carbocycles. The van der Waals surface area contributed by atoms with Crippen molar-refractivity contribution >= 4 is 28.4 Å². The highest BCUT2D eigenvalue weighted by atomic mass is 19.3. The molecule has 2 amide bonds. The molecule has 2 fully saturated rings. The summed E-state index contributed by atoms with van der Waals surface area (Å²) >= 11 is 0. The summed E-state index contributed by atoms with van der Waals surface area (Å²) in [5.41, 5.74) is 0.759. The molecule has 0 N–H and O–H groups in total. The SMILES string of the molecule is O=C(c1cc(N2CCCC2=O)ccc1F)N1CCC(F)(F)C(Oc2ccc3ccccc3n2)C1. The van der Waals surface area contributed by atoms with Crippen LogP contribution in [0.3, 0.4) is 0 Å². The highest BCUT2D eigenvalue weighted by Gasteiger charge is 2.47. The molecule has 0 spiro atoms. The second-order valence-corrected chi connectivity index (χ2v) is 8.52. The highest BCUT2D eigenvalue weighted by molar-refractivity contribution is 5.99. The van der Waals surface area contributed by atoms with Crippen molar-refractivity contribution in [2.45, 2.75) is 31.3 Å². The van der Waals surface area contributed by atoms with E-state index >= 15 is 0 Å². The summed E-state index contributed by atoms with van der Waals surface area (Å²) in [4.78, 5) is 32.1. The van der Waals surface area contributed by atoms with E-state index in [1.165, 1.54) is 23.1 Å². The molecule has 5 rings (SSSR count). The van der Waals surface area contributed by atoms with Crippen molar-refractivity contribution in [1.29, 1.82) is 0 Å². The molecule has 2 saturated heterocycles. The lowest BCUT2D eigenvalue weighted by Crippen LogP contribution is -2.55. The number of carbonyl (C=O) groups excluding carboxylic acids is 2. The summed E-state index contributed by atoms with van der Waals surface area (Å²) in [6.45, 7) is -0.182. The van der Waals surface area contributed by atoms with Gasteiger partial charge in [0.1, 0.15) is 5.82 Å². The van der Waals surface area contributed by atoms with Crippen molar-refractivity contribution < 1.29 is 27.5 Å². The van der Waals surface area contributed by atoms with Gasteiger partial charge in [0.05, 0.1) is 17.6 Å². The largest absolute Gasteiger partial charge is 0.466 e. The Morgan fingerprint density at radius 2 is 1.91 bits per heavy atom. The first-order chi connectivity index (χ1) is 16.3. The number of amides is 2. The van der Waals surface area contributed by atoms with Crippen LogP contribution in [0.2, 0.25) is 0 Å². The predicted octanol–water partition coefficient (Wildman–Crippen LogP) is 4.43. The minimum absolute atomic E-state index is 0.0263. The van der Waals surface area contributed by atoms with Crippen molar-refractivity contribution in [1.82, 2.24) is 9.88 Å². The van der Waals surface area contributed by atoms with E-state index in [1.807, 2.05) is 12.1 Å². The van der Waals surface area contributed by atoms with Crippen LogP contribution in [0.15, 0.2) is 54.6 Å². The lowest BCUT2D eigenvalue weighted by atomic mass is 10.0. The van der Waals surface area contributed by atoms with E-state index in [4.69, 9.17) is 4.74 Å². The summed E-state index contributed by atoms with van der Waals surface area (Å²) < 4.78 is 49.5. The number of rotatable bonds is 4. The fraction of sp³-hybridized carbons (Fsp3) is 0.320. The lowest BCUT2D eigenvalue weighted by Gasteiger charge is -2.38. The van der Waals surface area contributed by atoms with Crippen molar-refractivity contribution in [3.63, 3.8) is 0 Å². The molecule has 0 aliphatic carbocycles. The monoisotopic (exact) mass is 469 g/mol. The van der Waals surface area contributed by atoms with Gasteiger partial charge in [0.15, 0.2) is 6.10 Å². The Hall–Kier alpha value is -3.62. The Labute approximate surface area is 193 Å². The number of alkyl halides is 2. The number of fused-ring (bicyclic) bond motifs is 1. The van der Waals surface area contributed by atoms with Gasteiger partial charge < -0.3 is 14.5 Å². The molecule has 176 valence electrons. The number of hydrogen-bond donors (Lipinski definition) is 0. The number of benzene rings is 2. The first-order valence-corrected chi connectivity index (χ1v) is 11.1. The fourth-order valence-corrected chi connectivity index (χ4v) is 4.37. The number of pyridine rings is 1. The van der Waals surface area contributed by atoms with Crippen molar-refractivity contribution in [2.24, 2.45) is 0 Å². The average molecular weight is 469 g/mol.